The van der Waals surface area contributed by atoms with Gasteiger partial charge in [-0.25, -0.2) is 4.98 Å². The van der Waals surface area contributed by atoms with E-state index in [1.54, 1.807) is 18.1 Å². The lowest BCUT2D eigenvalue weighted by Crippen LogP contribution is -2.40. The third kappa shape index (κ3) is 6.67. The molecule has 1 N–H and O–H groups in total. The van der Waals surface area contributed by atoms with Crippen LogP contribution in [0.15, 0.2) is 42.6 Å². The fourth-order valence-corrected chi connectivity index (χ4v) is 3.56. The van der Waals surface area contributed by atoms with Crippen molar-refractivity contribution in [3.63, 3.8) is 0 Å². The van der Waals surface area contributed by atoms with Gasteiger partial charge in [0.15, 0.2) is 11.5 Å². The molecule has 0 fully saturated rings. The van der Waals surface area contributed by atoms with Gasteiger partial charge in [-0.15, -0.1) is 0 Å². The lowest BCUT2D eigenvalue weighted by atomic mass is 9.88. The summed E-state index contributed by atoms with van der Waals surface area (Å²) >= 11 is 0. The van der Waals surface area contributed by atoms with Crippen molar-refractivity contribution < 1.29 is 19.4 Å². The summed E-state index contributed by atoms with van der Waals surface area (Å²) in [6, 6.07) is 11.5. The molecule has 1 amide bonds. The average molecular weight is 428 g/mol. The Morgan fingerprint density at radius 1 is 1.23 bits per heavy atom. The molecule has 0 atom stereocenters. The third-order valence-electron chi connectivity index (χ3n) is 5.47. The maximum Gasteiger partial charge on any atom is 0.236 e. The lowest BCUT2D eigenvalue weighted by Gasteiger charge is -2.28. The van der Waals surface area contributed by atoms with Gasteiger partial charge in [0.05, 0.1) is 19.8 Å². The van der Waals surface area contributed by atoms with E-state index in [4.69, 9.17) is 14.6 Å². The van der Waals surface area contributed by atoms with Gasteiger partial charge < -0.3 is 19.5 Å². The van der Waals surface area contributed by atoms with Crippen molar-refractivity contribution in [2.75, 3.05) is 39.9 Å². The Kier molecular flexibility index (Phi) is 7.87. The molecule has 1 aromatic heterocycles. The van der Waals surface area contributed by atoms with E-state index in [1.807, 2.05) is 36.4 Å². The van der Waals surface area contributed by atoms with Crippen molar-refractivity contribution in [3.05, 3.63) is 48.2 Å². The van der Waals surface area contributed by atoms with Crippen molar-refractivity contribution in [1.29, 1.82) is 0 Å². The molecule has 0 aliphatic carbocycles. The molecule has 0 saturated carbocycles. The first-order valence-corrected chi connectivity index (χ1v) is 10.8. The van der Waals surface area contributed by atoms with Crippen molar-refractivity contribution in [1.82, 2.24) is 14.8 Å². The fourth-order valence-electron chi connectivity index (χ4n) is 3.56. The summed E-state index contributed by atoms with van der Waals surface area (Å²) in [5.41, 5.74) is 0.892. The quantitative estimate of drug-likeness (QED) is 0.807. The number of aliphatic hydroxyl groups is 1. The highest BCUT2D eigenvalue weighted by molar-refractivity contribution is 5.78. The molecule has 31 heavy (non-hydrogen) atoms. The number of ether oxygens (including phenoxy) is 2. The van der Waals surface area contributed by atoms with E-state index >= 15 is 0 Å². The number of amides is 1. The van der Waals surface area contributed by atoms with E-state index in [0.717, 1.165) is 24.9 Å². The summed E-state index contributed by atoms with van der Waals surface area (Å²) in [6.07, 6.45) is 3.60. The minimum absolute atomic E-state index is 0.0161. The standard InChI is InChI=1S/C24H33N3O4/c1-24(2)11-7-13-27(17-22(29)26(3)14-15-28)16-19-8-6-12-25-23(19)31-21-10-5-4-9-20(21)30-18-24/h4-6,8-10,12,28H,7,11,13-18H2,1-3H3. The summed E-state index contributed by atoms with van der Waals surface area (Å²) in [6.45, 7) is 6.83. The number of nitrogens with zero attached hydrogens (tertiary/aromatic N) is 3. The van der Waals surface area contributed by atoms with Crippen LogP contribution in [0.3, 0.4) is 0 Å². The molecule has 7 heteroatoms. The second-order valence-corrected chi connectivity index (χ2v) is 8.82. The number of para-hydroxylation sites is 2. The molecule has 1 aliphatic heterocycles. The Bertz CT molecular complexity index is 871. The molecular weight excluding hydrogens is 394 g/mol. The van der Waals surface area contributed by atoms with Gasteiger partial charge in [-0.3, -0.25) is 9.69 Å². The summed E-state index contributed by atoms with van der Waals surface area (Å²) in [7, 11) is 1.72. The van der Waals surface area contributed by atoms with Crippen LogP contribution in [0.25, 0.3) is 0 Å². The molecule has 0 unspecified atom stereocenters. The van der Waals surface area contributed by atoms with E-state index in [2.05, 4.69) is 23.7 Å². The van der Waals surface area contributed by atoms with Gasteiger partial charge in [-0.2, -0.15) is 0 Å². The van der Waals surface area contributed by atoms with Crippen LogP contribution in [-0.4, -0.2) is 65.7 Å². The minimum atomic E-state index is -0.0452. The number of hydrogen-bond donors (Lipinski definition) is 1. The van der Waals surface area contributed by atoms with Crippen LogP contribution in [0, 0.1) is 5.41 Å². The highest BCUT2D eigenvalue weighted by Crippen LogP contribution is 2.34. The number of aliphatic hydroxyl groups excluding tert-OH is 1. The molecule has 168 valence electrons. The third-order valence-corrected chi connectivity index (χ3v) is 5.47. The van der Waals surface area contributed by atoms with Gasteiger partial charge in [0, 0.05) is 31.9 Å². The SMILES string of the molecule is CN(CCO)C(=O)CN1CCCC(C)(C)COc2ccccc2Oc2ncccc2C1. The van der Waals surface area contributed by atoms with Gasteiger partial charge in [-0.1, -0.05) is 32.0 Å². The monoisotopic (exact) mass is 427 g/mol. The van der Waals surface area contributed by atoms with Crippen LogP contribution in [0.5, 0.6) is 17.4 Å². The first-order chi connectivity index (χ1) is 14.9. The van der Waals surface area contributed by atoms with E-state index in [9.17, 15) is 4.79 Å². The number of aromatic nitrogens is 1. The van der Waals surface area contributed by atoms with Crippen molar-refractivity contribution in [2.45, 2.75) is 33.2 Å². The van der Waals surface area contributed by atoms with Gasteiger partial charge in [0.1, 0.15) is 0 Å². The number of carbonyl (C=O) groups excluding carboxylic acids is 1. The Morgan fingerprint density at radius 2 is 2.00 bits per heavy atom. The van der Waals surface area contributed by atoms with Crippen LogP contribution < -0.4 is 9.47 Å². The van der Waals surface area contributed by atoms with Crippen LogP contribution in [0.4, 0.5) is 0 Å². The zero-order valence-electron chi connectivity index (χ0n) is 18.7. The van der Waals surface area contributed by atoms with E-state index in [1.165, 1.54) is 0 Å². The molecule has 3 rings (SSSR count). The molecule has 2 aromatic rings. The Labute approximate surface area is 184 Å². The Hall–Kier alpha value is -2.64. The predicted octanol–water partition coefficient (Wildman–Crippen LogP) is 3.33. The number of fused-ring (bicyclic) bond motifs is 2. The molecule has 0 radical (unpaired) electrons. The molecule has 0 saturated heterocycles. The van der Waals surface area contributed by atoms with Crippen molar-refractivity contribution in [2.24, 2.45) is 5.41 Å². The first-order valence-electron chi connectivity index (χ1n) is 10.8. The summed E-state index contributed by atoms with van der Waals surface area (Å²) in [5, 5.41) is 9.15. The second-order valence-electron chi connectivity index (χ2n) is 8.82. The Morgan fingerprint density at radius 3 is 2.77 bits per heavy atom. The molecular formula is C24H33N3O4. The number of pyridine rings is 1. The smallest absolute Gasteiger partial charge is 0.236 e. The average Bonchev–Trinajstić information content (AvgIpc) is 2.74. The lowest BCUT2D eigenvalue weighted by molar-refractivity contribution is -0.131. The van der Waals surface area contributed by atoms with Crippen LogP contribution in [-0.2, 0) is 11.3 Å². The first kappa shape index (κ1) is 23.0. The molecule has 1 aromatic carbocycles. The molecule has 0 bridgehead atoms. The summed E-state index contributed by atoms with van der Waals surface area (Å²) in [5.74, 6) is 1.82. The predicted molar refractivity (Wildman–Crippen MR) is 119 cm³/mol. The highest BCUT2D eigenvalue weighted by Gasteiger charge is 2.23. The molecule has 7 nitrogen and oxygen atoms in total. The van der Waals surface area contributed by atoms with E-state index in [-0.39, 0.29) is 24.5 Å². The van der Waals surface area contributed by atoms with Crippen molar-refractivity contribution >= 4 is 5.91 Å². The van der Waals surface area contributed by atoms with Crippen LogP contribution >= 0.6 is 0 Å². The molecule has 2 heterocycles. The zero-order valence-corrected chi connectivity index (χ0v) is 18.7. The van der Waals surface area contributed by atoms with Gasteiger partial charge in [-0.05, 0) is 43.0 Å². The fraction of sp³-hybridized carbons (Fsp3) is 0.500. The minimum Gasteiger partial charge on any atom is -0.489 e. The summed E-state index contributed by atoms with van der Waals surface area (Å²) in [4.78, 5) is 20.8. The highest BCUT2D eigenvalue weighted by atomic mass is 16.5. The number of benzene rings is 1. The maximum atomic E-state index is 12.6. The molecule has 0 spiro atoms. The van der Waals surface area contributed by atoms with Gasteiger partial charge in [0.25, 0.3) is 0 Å². The van der Waals surface area contributed by atoms with Crippen molar-refractivity contribution in [3.8, 4) is 17.4 Å². The number of rotatable bonds is 4. The number of carbonyl (C=O) groups is 1. The molecule has 1 aliphatic rings. The van der Waals surface area contributed by atoms with E-state index < -0.39 is 0 Å². The van der Waals surface area contributed by atoms with Crippen LogP contribution in [0.2, 0.25) is 0 Å². The van der Waals surface area contributed by atoms with Crippen LogP contribution in [0.1, 0.15) is 32.3 Å². The van der Waals surface area contributed by atoms with Gasteiger partial charge in [0.2, 0.25) is 11.8 Å². The maximum absolute atomic E-state index is 12.6. The normalized spacial score (nSPS) is 16.9. The zero-order chi connectivity index (χ0) is 22.3. The summed E-state index contributed by atoms with van der Waals surface area (Å²) < 4.78 is 12.3. The number of hydrogen-bond acceptors (Lipinski definition) is 6. The second kappa shape index (κ2) is 10.6. The topological polar surface area (TPSA) is 75.1 Å². The number of likely N-dealkylation sites (N-methyl/N-ethyl adjacent to an activating group) is 1. The largest absolute Gasteiger partial charge is 0.489 e. The van der Waals surface area contributed by atoms with Gasteiger partial charge >= 0.3 is 0 Å². The Balaban J connectivity index is 1.89. The van der Waals surface area contributed by atoms with E-state index in [0.29, 0.717) is 37.1 Å².